The molecule has 63 heavy (non-hydrogen) atoms. The molecule has 0 aliphatic carbocycles. The number of nitrogens with one attached hydrogen (secondary N) is 1. The first-order valence-corrected chi connectivity index (χ1v) is 24.5. The van der Waals surface area contributed by atoms with Gasteiger partial charge in [-0.3, -0.25) is 4.79 Å². The largest absolute Gasteiger partial charge is 0.394 e. The molecule has 0 aromatic rings. The number of aliphatic hydroxyl groups is 2. The third kappa shape index (κ3) is 48.4. The lowest BCUT2D eigenvalue weighted by Gasteiger charge is -2.19. The maximum absolute atomic E-state index is 12.4. The van der Waals surface area contributed by atoms with Crippen LogP contribution in [-0.4, -0.2) is 34.9 Å². The zero-order valence-corrected chi connectivity index (χ0v) is 39.7. The number of allylic oxidation sites excluding steroid dienone is 29. The molecule has 1 amide bonds. The zero-order valence-electron chi connectivity index (χ0n) is 39.7. The maximum atomic E-state index is 12.4. The van der Waals surface area contributed by atoms with E-state index in [0.717, 1.165) is 122 Å². The van der Waals surface area contributed by atoms with Crippen molar-refractivity contribution in [3.05, 3.63) is 182 Å². The average Bonchev–Trinajstić information content (AvgIpc) is 3.29. The van der Waals surface area contributed by atoms with Gasteiger partial charge in [0.2, 0.25) is 5.91 Å². The highest BCUT2D eigenvalue weighted by molar-refractivity contribution is 5.76. The summed E-state index contributed by atoms with van der Waals surface area (Å²) in [4.78, 5) is 12.4. The lowest BCUT2D eigenvalue weighted by molar-refractivity contribution is -0.123. The topological polar surface area (TPSA) is 69.6 Å². The quantitative estimate of drug-likeness (QED) is 0.0424. The Morgan fingerprint density at radius 2 is 0.698 bits per heavy atom. The van der Waals surface area contributed by atoms with Gasteiger partial charge in [-0.05, 0) is 128 Å². The molecule has 348 valence electrons. The first kappa shape index (κ1) is 58.5. The smallest absolute Gasteiger partial charge is 0.220 e. The first-order valence-electron chi connectivity index (χ1n) is 24.5. The third-order valence-corrected chi connectivity index (χ3v) is 9.60. The van der Waals surface area contributed by atoms with Crippen LogP contribution in [0, 0.1) is 0 Å². The molecule has 0 bridgehead atoms. The summed E-state index contributed by atoms with van der Waals surface area (Å²) in [5.74, 6) is -0.132. The molecule has 0 aliphatic rings. The standard InChI is InChI=1S/C59H89NO3/c1-3-5-7-9-11-13-15-17-18-19-20-21-22-23-24-25-26-27-28-29-30-31-32-33-34-35-36-37-38-39-40-41-42-43-45-47-49-51-53-55-59(63)60-57(56-61)58(62)54-52-50-48-46-44-16-14-12-10-8-6-4-2/h5,7,10-13,17-18,20-21,23-24,26-27,29-30,32-33,35-36,38-39,41-42,44-47,52,54,57-58,61-62H,3-4,6,8-9,14-16,19,22,25,28,31,34,37,40,43,48-51,53,55-56H2,1-2H3,(H,60,63)/b7-5-,12-10+,13-11-,18-17-,21-20-,24-23-,27-26-,30-29-,33-32-,36-35-,39-38-,42-41-,46-44+,47-45-,54-52+. The van der Waals surface area contributed by atoms with Crippen molar-refractivity contribution in [2.24, 2.45) is 0 Å². The Balaban J connectivity index is 3.80. The van der Waals surface area contributed by atoms with Crippen LogP contribution in [0.3, 0.4) is 0 Å². The van der Waals surface area contributed by atoms with Crippen LogP contribution in [0.5, 0.6) is 0 Å². The Labute approximate surface area is 387 Å². The minimum absolute atomic E-state index is 0.132. The van der Waals surface area contributed by atoms with Crippen molar-refractivity contribution in [3.8, 4) is 0 Å². The second kappa shape index (κ2) is 51.8. The Kier molecular flexibility index (Phi) is 48.1. The van der Waals surface area contributed by atoms with Crippen LogP contribution in [0.4, 0.5) is 0 Å². The highest BCUT2D eigenvalue weighted by Crippen LogP contribution is 2.06. The average molecular weight is 860 g/mol. The normalized spacial score (nSPS) is 14.5. The number of aliphatic hydroxyl groups excluding tert-OH is 2. The Morgan fingerprint density at radius 1 is 0.397 bits per heavy atom. The van der Waals surface area contributed by atoms with Crippen molar-refractivity contribution in [2.45, 2.75) is 174 Å². The van der Waals surface area contributed by atoms with Crippen molar-refractivity contribution >= 4 is 5.91 Å². The van der Waals surface area contributed by atoms with Crippen molar-refractivity contribution in [2.75, 3.05) is 6.61 Å². The van der Waals surface area contributed by atoms with E-state index in [1.807, 2.05) is 6.08 Å². The minimum Gasteiger partial charge on any atom is -0.394 e. The molecule has 0 radical (unpaired) electrons. The third-order valence-electron chi connectivity index (χ3n) is 9.60. The van der Waals surface area contributed by atoms with Crippen LogP contribution in [0.15, 0.2) is 182 Å². The number of unbranched alkanes of at least 4 members (excludes halogenated alkanes) is 6. The summed E-state index contributed by atoms with van der Waals surface area (Å²) in [5, 5.41) is 22.9. The molecular formula is C59H89NO3. The van der Waals surface area contributed by atoms with E-state index in [2.05, 4.69) is 189 Å². The van der Waals surface area contributed by atoms with E-state index in [1.54, 1.807) is 6.08 Å². The fourth-order valence-corrected chi connectivity index (χ4v) is 5.88. The molecule has 0 fully saturated rings. The summed E-state index contributed by atoms with van der Waals surface area (Å²) in [7, 11) is 0. The van der Waals surface area contributed by atoms with Crippen LogP contribution in [0.25, 0.3) is 0 Å². The summed E-state index contributed by atoms with van der Waals surface area (Å²) in [6, 6.07) is -0.682. The van der Waals surface area contributed by atoms with E-state index in [-0.39, 0.29) is 12.5 Å². The lowest BCUT2D eigenvalue weighted by atomic mass is 10.1. The highest BCUT2D eigenvalue weighted by atomic mass is 16.3. The van der Waals surface area contributed by atoms with Crippen LogP contribution in [0.2, 0.25) is 0 Å². The summed E-state index contributed by atoms with van der Waals surface area (Å²) < 4.78 is 0. The lowest BCUT2D eigenvalue weighted by Crippen LogP contribution is -2.45. The van der Waals surface area contributed by atoms with E-state index in [0.29, 0.717) is 6.42 Å². The minimum atomic E-state index is -0.901. The number of carbonyl (C=O) groups is 1. The van der Waals surface area contributed by atoms with Gasteiger partial charge in [0.05, 0.1) is 18.8 Å². The molecule has 0 saturated heterocycles. The summed E-state index contributed by atoms with van der Waals surface area (Å²) >= 11 is 0. The number of rotatable bonds is 41. The number of amides is 1. The molecule has 3 N–H and O–H groups in total. The van der Waals surface area contributed by atoms with Gasteiger partial charge in [-0.15, -0.1) is 0 Å². The van der Waals surface area contributed by atoms with Gasteiger partial charge in [0.15, 0.2) is 0 Å². The Hall–Kier alpha value is -4.51. The molecule has 0 rings (SSSR count). The SMILES string of the molecule is CC/C=C\C/C=C\C/C=C\C/C=C\C/C=C\C/C=C\C/C=C\C/C=C\C/C=C\C/C=C\C/C=C\C/C=C\CCCCC(=O)NC(CO)C(O)/C=C/CC/C=C/CC/C=C/CCCC. The van der Waals surface area contributed by atoms with E-state index in [9.17, 15) is 15.0 Å². The monoisotopic (exact) mass is 860 g/mol. The molecule has 2 atom stereocenters. The zero-order chi connectivity index (χ0) is 45.6. The van der Waals surface area contributed by atoms with Crippen molar-refractivity contribution in [1.29, 1.82) is 0 Å². The van der Waals surface area contributed by atoms with E-state index in [4.69, 9.17) is 0 Å². The number of hydrogen-bond acceptors (Lipinski definition) is 3. The maximum Gasteiger partial charge on any atom is 0.220 e. The molecule has 0 spiro atoms. The molecule has 4 nitrogen and oxygen atoms in total. The molecule has 0 aliphatic heterocycles. The number of carbonyl (C=O) groups excluding carboxylic acids is 1. The summed E-state index contributed by atoms with van der Waals surface area (Å²) in [6.45, 7) is 4.08. The van der Waals surface area contributed by atoms with Gasteiger partial charge >= 0.3 is 0 Å². The van der Waals surface area contributed by atoms with Gasteiger partial charge in [-0.2, -0.15) is 0 Å². The van der Waals surface area contributed by atoms with E-state index in [1.165, 1.54) is 19.3 Å². The second-order valence-corrected chi connectivity index (χ2v) is 15.4. The molecule has 4 heteroatoms. The molecule has 2 unspecified atom stereocenters. The molecule has 0 heterocycles. The summed E-state index contributed by atoms with van der Waals surface area (Å²) in [5.41, 5.74) is 0. The molecule has 0 saturated carbocycles. The molecule has 0 aromatic carbocycles. The predicted octanol–water partition coefficient (Wildman–Crippen LogP) is 16.2. The van der Waals surface area contributed by atoms with Crippen molar-refractivity contribution < 1.29 is 15.0 Å². The van der Waals surface area contributed by atoms with Gasteiger partial charge in [-0.25, -0.2) is 0 Å². The first-order chi connectivity index (χ1) is 31.2. The molecule has 0 aromatic heterocycles. The predicted molar refractivity (Wildman–Crippen MR) is 280 cm³/mol. The van der Waals surface area contributed by atoms with Crippen molar-refractivity contribution in [1.82, 2.24) is 5.32 Å². The number of hydrogen-bond donors (Lipinski definition) is 3. The summed E-state index contributed by atoms with van der Waals surface area (Å²) in [6.07, 6.45) is 87.3. The van der Waals surface area contributed by atoms with Gasteiger partial charge in [0, 0.05) is 6.42 Å². The van der Waals surface area contributed by atoms with Crippen molar-refractivity contribution in [3.63, 3.8) is 0 Å². The van der Waals surface area contributed by atoms with Crippen LogP contribution >= 0.6 is 0 Å². The fraction of sp³-hybridized carbons (Fsp3) is 0.475. The Morgan fingerprint density at radius 3 is 1.05 bits per heavy atom. The van der Waals surface area contributed by atoms with E-state index < -0.39 is 12.1 Å². The van der Waals surface area contributed by atoms with Crippen LogP contribution in [0.1, 0.15) is 162 Å². The van der Waals surface area contributed by atoms with Gasteiger partial charge in [0.1, 0.15) is 0 Å². The van der Waals surface area contributed by atoms with Crippen LogP contribution < -0.4 is 5.32 Å². The van der Waals surface area contributed by atoms with Gasteiger partial charge in [-0.1, -0.05) is 209 Å². The van der Waals surface area contributed by atoms with Gasteiger partial charge in [0.25, 0.3) is 0 Å². The van der Waals surface area contributed by atoms with Crippen LogP contribution in [-0.2, 0) is 4.79 Å². The molecular weight excluding hydrogens is 771 g/mol. The van der Waals surface area contributed by atoms with E-state index >= 15 is 0 Å². The fourth-order valence-electron chi connectivity index (χ4n) is 5.88. The Bertz CT molecular complexity index is 1490. The highest BCUT2D eigenvalue weighted by Gasteiger charge is 2.17. The van der Waals surface area contributed by atoms with Gasteiger partial charge < -0.3 is 15.5 Å². The second-order valence-electron chi connectivity index (χ2n) is 15.4.